The molecule has 1 heterocycles. The summed E-state index contributed by atoms with van der Waals surface area (Å²) in [6.45, 7) is 1.45. The topological polar surface area (TPSA) is 18.5 Å². The summed E-state index contributed by atoms with van der Waals surface area (Å²) in [4.78, 5) is 0. The molecule has 1 saturated heterocycles. The number of ether oxygens (including phenoxy) is 2. The van der Waals surface area contributed by atoms with Crippen LogP contribution in [0.3, 0.4) is 0 Å². The molecule has 2 nitrogen and oxygen atoms in total. The van der Waals surface area contributed by atoms with E-state index in [0.29, 0.717) is 12.5 Å². The van der Waals surface area contributed by atoms with Crippen molar-refractivity contribution in [3.05, 3.63) is 12.2 Å². The molecule has 0 unspecified atom stereocenters. The Morgan fingerprint density at radius 1 is 1.42 bits per heavy atom. The summed E-state index contributed by atoms with van der Waals surface area (Å²) in [6.07, 6.45) is 7.21. The number of hydrogen-bond donors (Lipinski definition) is 0. The van der Waals surface area contributed by atoms with Crippen LogP contribution in [0.5, 0.6) is 0 Å². The van der Waals surface area contributed by atoms with Gasteiger partial charge in [-0.25, -0.2) is 0 Å². The maximum absolute atomic E-state index is 5.45. The van der Waals surface area contributed by atoms with Crippen LogP contribution in [-0.4, -0.2) is 25.4 Å². The van der Waals surface area contributed by atoms with Gasteiger partial charge in [0.1, 0.15) is 0 Å². The van der Waals surface area contributed by atoms with Crippen molar-refractivity contribution in [2.45, 2.75) is 25.6 Å². The van der Waals surface area contributed by atoms with Crippen LogP contribution in [0.15, 0.2) is 12.2 Å². The zero-order valence-corrected chi connectivity index (χ0v) is 7.93. The molecule has 1 atom stereocenters. The minimum Gasteiger partial charge on any atom is -0.353 e. The largest absolute Gasteiger partial charge is 0.353 e. The average Bonchev–Trinajstić information content (AvgIpc) is 2.14. The Labute approximate surface area is 78.5 Å². The van der Waals surface area contributed by atoms with Gasteiger partial charge in [0, 0.05) is 12.5 Å². The molecule has 12 heavy (non-hydrogen) atoms. The number of allylic oxidation sites excluding steroid dienone is 1. The van der Waals surface area contributed by atoms with Gasteiger partial charge in [-0.1, -0.05) is 12.2 Å². The molecule has 0 aliphatic carbocycles. The Kier molecular flexibility index (Phi) is 5.41. The van der Waals surface area contributed by atoms with Gasteiger partial charge in [-0.15, -0.1) is 11.6 Å². The molecule has 0 radical (unpaired) electrons. The lowest BCUT2D eigenvalue weighted by molar-refractivity contribution is -0.155. The van der Waals surface area contributed by atoms with E-state index >= 15 is 0 Å². The molecule has 1 aliphatic rings. The Bertz CT molecular complexity index is 130. The predicted octanol–water partition coefficient (Wildman–Crippen LogP) is 2.32. The van der Waals surface area contributed by atoms with Gasteiger partial charge in [-0.2, -0.15) is 0 Å². The SMILES string of the molecule is ClC/C=C\CO[C@H]1CCCCO1. The third-order valence-corrected chi connectivity index (χ3v) is 1.95. The molecular weight excluding hydrogens is 176 g/mol. The minimum absolute atomic E-state index is 0.0127. The van der Waals surface area contributed by atoms with Crippen LogP contribution in [-0.2, 0) is 9.47 Å². The summed E-state index contributed by atoms with van der Waals surface area (Å²) < 4.78 is 10.8. The molecule has 3 heteroatoms. The number of alkyl halides is 1. The van der Waals surface area contributed by atoms with Crippen LogP contribution in [0, 0.1) is 0 Å². The van der Waals surface area contributed by atoms with Crippen LogP contribution in [0.2, 0.25) is 0 Å². The summed E-state index contributed by atoms with van der Waals surface area (Å²) in [5.74, 6) is 0.550. The summed E-state index contributed by atoms with van der Waals surface area (Å²) in [7, 11) is 0. The van der Waals surface area contributed by atoms with E-state index in [1.54, 1.807) is 0 Å². The van der Waals surface area contributed by atoms with Crippen LogP contribution < -0.4 is 0 Å². The lowest BCUT2D eigenvalue weighted by atomic mass is 10.2. The molecule has 0 spiro atoms. The molecule has 1 aliphatic heterocycles. The lowest BCUT2D eigenvalue weighted by Gasteiger charge is -2.21. The summed E-state index contributed by atoms with van der Waals surface area (Å²) in [5, 5.41) is 0. The maximum atomic E-state index is 5.45. The molecule has 0 N–H and O–H groups in total. The molecule has 1 fully saturated rings. The van der Waals surface area contributed by atoms with Gasteiger partial charge in [-0.05, 0) is 19.3 Å². The predicted molar refractivity (Wildman–Crippen MR) is 49.4 cm³/mol. The Morgan fingerprint density at radius 3 is 3.00 bits per heavy atom. The van der Waals surface area contributed by atoms with Crippen molar-refractivity contribution in [2.75, 3.05) is 19.1 Å². The van der Waals surface area contributed by atoms with Crippen LogP contribution in [0.4, 0.5) is 0 Å². The third kappa shape index (κ3) is 4.10. The van der Waals surface area contributed by atoms with Crippen LogP contribution in [0.25, 0.3) is 0 Å². The van der Waals surface area contributed by atoms with Crippen molar-refractivity contribution in [1.82, 2.24) is 0 Å². The second-order valence-electron chi connectivity index (χ2n) is 2.76. The highest BCUT2D eigenvalue weighted by atomic mass is 35.5. The highest BCUT2D eigenvalue weighted by Gasteiger charge is 2.12. The number of halogens is 1. The van der Waals surface area contributed by atoms with E-state index in [-0.39, 0.29) is 6.29 Å². The van der Waals surface area contributed by atoms with E-state index in [1.165, 1.54) is 6.42 Å². The number of hydrogen-bond acceptors (Lipinski definition) is 2. The Hall–Kier alpha value is -0.0500. The Balaban J connectivity index is 2.01. The van der Waals surface area contributed by atoms with E-state index in [9.17, 15) is 0 Å². The van der Waals surface area contributed by atoms with Crippen LogP contribution >= 0.6 is 11.6 Å². The fourth-order valence-corrected chi connectivity index (χ4v) is 1.26. The third-order valence-electron chi connectivity index (χ3n) is 1.77. The summed E-state index contributed by atoms with van der Waals surface area (Å²) in [5.41, 5.74) is 0. The quantitative estimate of drug-likeness (QED) is 0.501. The van der Waals surface area contributed by atoms with Gasteiger partial charge in [0.2, 0.25) is 0 Å². The second-order valence-corrected chi connectivity index (χ2v) is 3.06. The van der Waals surface area contributed by atoms with E-state index in [4.69, 9.17) is 21.1 Å². The first-order valence-corrected chi connectivity index (χ1v) is 4.91. The van der Waals surface area contributed by atoms with Gasteiger partial charge in [0.15, 0.2) is 6.29 Å². The standard InChI is InChI=1S/C9H15ClO2/c10-6-2-4-8-12-9-5-1-3-7-11-9/h2,4,9H,1,3,5-8H2/b4-2-/t9-/m0/s1. The van der Waals surface area contributed by atoms with Crippen molar-refractivity contribution in [1.29, 1.82) is 0 Å². The van der Waals surface area contributed by atoms with Gasteiger partial charge in [0.05, 0.1) is 6.61 Å². The van der Waals surface area contributed by atoms with Gasteiger partial charge in [-0.3, -0.25) is 0 Å². The monoisotopic (exact) mass is 190 g/mol. The molecular formula is C9H15ClO2. The molecule has 0 bridgehead atoms. The van der Waals surface area contributed by atoms with Crippen molar-refractivity contribution in [3.63, 3.8) is 0 Å². The lowest BCUT2D eigenvalue weighted by Crippen LogP contribution is -2.22. The van der Waals surface area contributed by atoms with E-state index < -0.39 is 0 Å². The molecule has 1 rings (SSSR count). The Morgan fingerprint density at radius 2 is 2.33 bits per heavy atom. The fourth-order valence-electron chi connectivity index (χ4n) is 1.14. The molecule has 0 aromatic rings. The van der Waals surface area contributed by atoms with E-state index in [0.717, 1.165) is 19.4 Å². The smallest absolute Gasteiger partial charge is 0.157 e. The van der Waals surface area contributed by atoms with Gasteiger partial charge in [0.25, 0.3) is 0 Å². The average molecular weight is 191 g/mol. The number of rotatable bonds is 4. The maximum Gasteiger partial charge on any atom is 0.157 e. The van der Waals surface area contributed by atoms with E-state index in [2.05, 4.69) is 0 Å². The van der Waals surface area contributed by atoms with Gasteiger partial charge < -0.3 is 9.47 Å². The van der Waals surface area contributed by atoms with Crippen molar-refractivity contribution in [3.8, 4) is 0 Å². The first kappa shape index (κ1) is 10.0. The minimum atomic E-state index is 0.0127. The van der Waals surface area contributed by atoms with Crippen molar-refractivity contribution < 1.29 is 9.47 Å². The molecule has 0 saturated carbocycles. The van der Waals surface area contributed by atoms with Gasteiger partial charge >= 0.3 is 0 Å². The highest BCUT2D eigenvalue weighted by molar-refractivity contribution is 6.18. The fraction of sp³-hybridized carbons (Fsp3) is 0.778. The summed E-state index contributed by atoms with van der Waals surface area (Å²) in [6, 6.07) is 0. The second kappa shape index (κ2) is 6.46. The van der Waals surface area contributed by atoms with Crippen molar-refractivity contribution >= 4 is 11.6 Å². The first-order chi connectivity index (χ1) is 5.93. The van der Waals surface area contributed by atoms with Crippen LogP contribution in [0.1, 0.15) is 19.3 Å². The zero-order chi connectivity index (χ0) is 8.65. The molecule has 0 aromatic carbocycles. The van der Waals surface area contributed by atoms with Crippen molar-refractivity contribution in [2.24, 2.45) is 0 Å². The summed E-state index contributed by atoms with van der Waals surface area (Å²) >= 11 is 5.45. The van der Waals surface area contributed by atoms with E-state index in [1.807, 2.05) is 12.2 Å². The first-order valence-electron chi connectivity index (χ1n) is 4.37. The zero-order valence-electron chi connectivity index (χ0n) is 7.17. The molecule has 0 amide bonds. The molecule has 70 valence electrons. The highest BCUT2D eigenvalue weighted by Crippen LogP contribution is 2.13. The normalized spacial score (nSPS) is 24.9. The molecule has 0 aromatic heterocycles.